The van der Waals surface area contributed by atoms with Gasteiger partial charge in [0.15, 0.2) is 0 Å². The van der Waals surface area contributed by atoms with Crippen molar-refractivity contribution in [1.29, 1.82) is 0 Å². The van der Waals surface area contributed by atoms with Crippen LogP contribution in [-0.4, -0.2) is 0 Å². The molecule has 26 heavy (non-hydrogen) atoms. The van der Waals surface area contributed by atoms with E-state index in [0.29, 0.717) is 0 Å². The Kier molecular flexibility index (Phi) is 11.8. The van der Waals surface area contributed by atoms with E-state index in [4.69, 9.17) is 0 Å². The molecule has 0 aliphatic rings. The third-order valence-corrected chi connectivity index (χ3v) is 6.76. The molecule has 1 aromatic rings. The number of aryl methyl sites for hydroxylation is 2. The van der Waals surface area contributed by atoms with Gasteiger partial charge in [-0.15, -0.1) is 11.3 Å². The van der Waals surface area contributed by atoms with Gasteiger partial charge in [-0.1, -0.05) is 98.8 Å². The number of hydrogen-bond acceptors (Lipinski definition) is 1. The summed E-state index contributed by atoms with van der Waals surface area (Å²) >= 11 is 2.11. The van der Waals surface area contributed by atoms with Crippen molar-refractivity contribution in [1.82, 2.24) is 0 Å². The van der Waals surface area contributed by atoms with Crippen LogP contribution in [0.5, 0.6) is 0 Å². The zero-order valence-electron chi connectivity index (χ0n) is 18.8. The molecule has 0 bridgehead atoms. The molecule has 1 rings (SSSR count). The topological polar surface area (TPSA) is 0 Å². The maximum Gasteiger partial charge on any atom is 0.00831 e. The summed E-state index contributed by atoms with van der Waals surface area (Å²) in [4.78, 5) is 3.30. The number of hydrogen-bond donors (Lipinski definition) is 0. The van der Waals surface area contributed by atoms with Gasteiger partial charge in [0.1, 0.15) is 0 Å². The molecule has 1 aromatic heterocycles. The fourth-order valence-electron chi connectivity index (χ4n) is 4.24. The molecule has 152 valence electrons. The highest BCUT2D eigenvalue weighted by Gasteiger charge is 2.24. The van der Waals surface area contributed by atoms with Crippen LogP contribution in [0.1, 0.15) is 133 Å². The van der Waals surface area contributed by atoms with E-state index in [9.17, 15) is 0 Å². The SMILES string of the molecule is CCCCCCCCc1sc(C)c(C(C)(C)C)c1CCCCCCCC. The summed E-state index contributed by atoms with van der Waals surface area (Å²) in [5.41, 5.74) is 3.71. The van der Waals surface area contributed by atoms with Crippen LogP contribution in [0.25, 0.3) is 0 Å². The van der Waals surface area contributed by atoms with E-state index in [-0.39, 0.29) is 5.41 Å². The molecule has 0 nitrogen and oxygen atoms in total. The summed E-state index contributed by atoms with van der Waals surface area (Å²) in [7, 11) is 0. The standard InChI is InChI=1S/C25H46S/c1-7-9-11-13-15-17-19-22-23(20-18-16-14-12-10-8-2)26-21(3)24(22)25(4,5)6/h7-20H2,1-6H3. The van der Waals surface area contributed by atoms with E-state index in [1.165, 1.54) is 89.9 Å². The van der Waals surface area contributed by atoms with Crippen molar-refractivity contribution in [3.8, 4) is 0 Å². The lowest BCUT2D eigenvalue weighted by molar-refractivity contribution is 0.568. The summed E-state index contributed by atoms with van der Waals surface area (Å²) < 4.78 is 0. The Balaban J connectivity index is 2.64. The summed E-state index contributed by atoms with van der Waals surface area (Å²) in [5.74, 6) is 0. The first-order chi connectivity index (χ1) is 12.4. The van der Waals surface area contributed by atoms with Gasteiger partial charge in [-0.3, -0.25) is 0 Å². The monoisotopic (exact) mass is 378 g/mol. The Bertz CT molecular complexity index is 475. The summed E-state index contributed by atoms with van der Waals surface area (Å²) in [6, 6.07) is 0. The first-order valence-corrected chi connectivity index (χ1v) is 12.3. The predicted molar refractivity (Wildman–Crippen MR) is 122 cm³/mol. The van der Waals surface area contributed by atoms with Crippen molar-refractivity contribution in [3.05, 3.63) is 20.9 Å². The van der Waals surface area contributed by atoms with E-state index in [2.05, 4.69) is 52.9 Å². The van der Waals surface area contributed by atoms with Crippen LogP contribution < -0.4 is 0 Å². The van der Waals surface area contributed by atoms with E-state index < -0.39 is 0 Å². The number of rotatable bonds is 14. The van der Waals surface area contributed by atoms with Crippen LogP contribution in [-0.2, 0) is 18.3 Å². The predicted octanol–water partition coefficient (Wildman–Crippen LogP) is 9.16. The Morgan fingerprint density at radius 2 is 1.12 bits per heavy atom. The van der Waals surface area contributed by atoms with E-state index in [1.807, 2.05) is 0 Å². The molecule has 0 aliphatic carbocycles. The van der Waals surface area contributed by atoms with Crippen LogP contribution in [0, 0.1) is 6.92 Å². The molecule has 0 aromatic carbocycles. The third kappa shape index (κ3) is 8.59. The Morgan fingerprint density at radius 3 is 1.62 bits per heavy atom. The van der Waals surface area contributed by atoms with Gasteiger partial charge in [0.05, 0.1) is 0 Å². The Hall–Kier alpha value is -0.300. The van der Waals surface area contributed by atoms with Crippen molar-refractivity contribution in [3.63, 3.8) is 0 Å². The zero-order valence-corrected chi connectivity index (χ0v) is 19.6. The van der Waals surface area contributed by atoms with Gasteiger partial charge >= 0.3 is 0 Å². The number of unbranched alkanes of at least 4 members (excludes halogenated alkanes) is 10. The molecule has 0 spiro atoms. The van der Waals surface area contributed by atoms with Gasteiger partial charge in [-0.05, 0) is 49.1 Å². The largest absolute Gasteiger partial charge is 0.145 e. The lowest BCUT2D eigenvalue weighted by Crippen LogP contribution is -2.14. The zero-order chi connectivity index (χ0) is 19.4. The highest BCUT2D eigenvalue weighted by atomic mass is 32.1. The van der Waals surface area contributed by atoms with Crippen LogP contribution in [0.3, 0.4) is 0 Å². The molecule has 0 N–H and O–H groups in total. The van der Waals surface area contributed by atoms with Crippen molar-refractivity contribution in [2.24, 2.45) is 0 Å². The molecule has 0 fully saturated rings. The smallest absolute Gasteiger partial charge is 0.00831 e. The van der Waals surface area contributed by atoms with Crippen LogP contribution in [0.2, 0.25) is 0 Å². The minimum Gasteiger partial charge on any atom is -0.145 e. The second-order valence-corrected chi connectivity index (χ2v) is 10.5. The van der Waals surface area contributed by atoms with Crippen molar-refractivity contribution in [2.45, 2.75) is 137 Å². The summed E-state index contributed by atoms with van der Waals surface area (Å²) in [5, 5.41) is 0. The highest BCUT2D eigenvalue weighted by molar-refractivity contribution is 7.12. The minimum atomic E-state index is 0.289. The maximum atomic E-state index is 2.40. The molecule has 0 radical (unpaired) electrons. The van der Waals surface area contributed by atoms with Crippen LogP contribution in [0.4, 0.5) is 0 Å². The second-order valence-electron chi connectivity index (χ2n) is 9.22. The molecule has 0 aliphatic heterocycles. The summed E-state index contributed by atoms with van der Waals surface area (Å²) in [6.07, 6.45) is 19.5. The van der Waals surface area contributed by atoms with Crippen molar-refractivity contribution in [2.75, 3.05) is 0 Å². The normalized spacial score (nSPS) is 12.1. The highest BCUT2D eigenvalue weighted by Crippen LogP contribution is 2.38. The third-order valence-electron chi connectivity index (χ3n) is 5.55. The molecular formula is C25H46S. The Labute approximate surface area is 169 Å². The van der Waals surface area contributed by atoms with Gasteiger partial charge < -0.3 is 0 Å². The van der Waals surface area contributed by atoms with Gasteiger partial charge in [-0.2, -0.15) is 0 Å². The lowest BCUT2D eigenvalue weighted by Gasteiger charge is -2.22. The average Bonchev–Trinajstić information content (AvgIpc) is 2.89. The Morgan fingerprint density at radius 1 is 0.654 bits per heavy atom. The lowest BCUT2D eigenvalue weighted by atomic mass is 9.82. The average molecular weight is 379 g/mol. The molecule has 0 unspecified atom stereocenters. The van der Waals surface area contributed by atoms with Crippen molar-refractivity contribution >= 4 is 11.3 Å². The van der Waals surface area contributed by atoms with Crippen LogP contribution >= 0.6 is 11.3 Å². The maximum absolute atomic E-state index is 2.40. The molecule has 0 amide bonds. The molecule has 0 saturated heterocycles. The molecular weight excluding hydrogens is 332 g/mol. The quantitative estimate of drug-likeness (QED) is 0.283. The first kappa shape index (κ1) is 23.7. The summed E-state index contributed by atoms with van der Waals surface area (Å²) in [6.45, 7) is 14.2. The fraction of sp³-hybridized carbons (Fsp3) is 0.840. The van der Waals surface area contributed by atoms with Crippen LogP contribution in [0.15, 0.2) is 0 Å². The first-order valence-electron chi connectivity index (χ1n) is 11.5. The minimum absolute atomic E-state index is 0.289. The molecule has 1 heterocycles. The van der Waals surface area contributed by atoms with E-state index in [1.54, 1.807) is 20.9 Å². The molecule has 0 saturated carbocycles. The van der Waals surface area contributed by atoms with Crippen molar-refractivity contribution < 1.29 is 0 Å². The van der Waals surface area contributed by atoms with E-state index >= 15 is 0 Å². The molecule has 1 heteroatoms. The fourth-order valence-corrected chi connectivity index (χ4v) is 5.72. The van der Waals surface area contributed by atoms with Gasteiger partial charge in [0.2, 0.25) is 0 Å². The van der Waals surface area contributed by atoms with Gasteiger partial charge in [0.25, 0.3) is 0 Å². The van der Waals surface area contributed by atoms with E-state index in [0.717, 1.165) is 0 Å². The van der Waals surface area contributed by atoms with Gasteiger partial charge in [-0.25, -0.2) is 0 Å². The van der Waals surface area contributed by atoms with Gasteiger partial charge in [0, 0.05) is 9.75 Å². The number of thiophene rings is 1. The molecule has 0 atom stereocenters. The second kappa shape index (κ2) is 13.0.